The van der Waals surface area contributed by atoms with Crippen molar-refractivity contribution in [2.24, 2.45) is 7.05 Å². The van der Waals surface area contributed by atoms with E-state index in [1.165, 1.54) is 11.3 Å². The van der Waals surface area contributed by atoms with Gasteiger partial charge in [0.2, 0.25) is 0 Å². The molecule has 0 fully saturated rings. The zero-order valence-electron chi connectivity index (χ0n) is 12.7. The van der Waals surface area contributed by atoms with Gasteiger partial charge in [-0.05, 0) is 12.1 Å². The molecule has 5 nitrogen and oxygen atoms in total. The van der Waals surface area contributed by atoms with Crippen LogP contribution in [0.1, 0.15) is 25.1 Å². The molecule has 0 atom stereocenters. The molecule has 0 amide bonds. The number of hydrogen-bond donors (Lipinski definition) is 1. The van der Waals surface area contributed by atoms with Crippen molar-refractivity contribution in [3.05, 3.63) is 42.0 Å². The molecule has 108 valence electrons. The van der Waals surface area contributed by atoms with Gasteiger partial charge in [-0.3, -0.25) is 9.67 Å². The fraction of sp³-hybridized carbons (Fsp3) is 0.467. The summed E-state index contributed by atoms with van der Waals surface area (Å²) in [6.07, 6.45) is 5.81. The second-order valence-electron chi connectivity index (χ2n) is 5.42. The summed E-state index contributed by atoms with van der Waals surface area (Å²) >= 11 is 0. The highest BCUT2D eigenvalue weighted by molar-refractivity contribution is 5.46. The molecule has 2 aromatic heterocycles. The molecule has 20 heavy (non-hydrogen) atoms. The van der Waals surface area contributed by atoms with Crippen molar-refractivity contribution in [1.29, 1.82) is 0 Å². The highest BCUT2D eigenvalue weighted by Crippen LogP contribution is 2.15. The molecule has 0 saturated carbocycles. The number of hydrogen-bond acceptors (Lipinski definition) is 4. The molecule has 2 heterocycles. The Bertz CT molecular complexity index is 547. The van der Waals surface area contributed by atoms with E-state index in [4.69, 9.17) is 0 Å². The molecule has 2 aromatic rings. The molecule has 0 aliphatic rings. The normalized spacial score (nSPS) is 11.1. The molecule has 0 unspecified atom stereocenters. The van der Waals surface area contributed by atoms with Crippen LogP contribution in [0.15, 0.2) is 30.7 Å². The molecule has 1 N–H and O–H groups in total. The maximum atomic E-state index is 4.40. The summed E-state index contributed by atoms with van der Waals surface area (Å²) in [6.45, 7) is 5.91. The second-order valence-corrected chi connectivity index (χ2v) is 5.42. The summed E-state index contributed by atoms with van der Waals surface area (Å²) < 4.78 is 1.83. The van der Waals surface area contributed by atoms with Gasteiger partial charge in [0.1, 0.15) is 0 Å². The van der Waals surface area contributed by atoms with Crippen LogP contribution in [-0.2, 0) is 20.1 Å². The Hall–Kier alpha value is -1.88. The van der Waals surface area contributed by atoms with E-state index in [0.29, 0.717) is 6.04 Å². The van der Waals surface area contributed by atoms with Crippen LogP contribution in [0.4, 0.5) is 5.69 Å². The molecule has 0 aromatic carbocycles. The largest absolute Gasteiger partial charge is 0.370 e. The molecule has 2 rings (SSSR count). The number of nitrogens with zero attached hydrogens (tertiary/aromatic N) is 4. The molecule has 0 radical (unpaired) electrons. The van der Waals surface area contributed by atoms with Crippen LogP contribution in [0.2, 0.25) is 0 Å². The van der Waals surface area contributed by atoms with Crippen LogP contribution in [0, 0.1) is 0 Å². The lowest BCUT2D eigenvalue weighted by Gasteiger charge is -2.19. The predicted molar refractivity (Wildman–Crippen MR) is 81.5 cm³/mol. The number of anilines is 1. The average molecular weight is 273 g/mol. The van der Waals surface area contributed by atoms with E-state index in [2.05, 4.69) is 47.3 Å². The Kier molecular flexibility index (Phi) is 4.74. The summed E-state index contributed by atoms with van der Waals surface area (Å²) in [6, 6.07) is 4.63. The van der Waals surface area contributed by atoms with Crippen LogP contribution in [0.3, 0.4) is 0 Å². The zero-order valence-corrected chi connectivity index (χ0v) is 12.7. The van der Waals surface area contributed by atoms with Crippen molar-refractivity contribution >= 4 is 5.69 Å². The van der Waals surface area contributed by atoms with Gasteiger partial charge in [0.05, 0.1) is 11.9 Å². The first-order chi connectivity index (χ1) is 9.54. The first kappa shape index (κ1) is 14.5. The van der Waals surface area contributed by atoms with Crippen molar-refractivity contribution in [3.63, 3.8) is 0 Å². The molecule has 0 aliphatic heterocycles. The molecular weight excluding hydrogens is 250 g/mol. The van der Waals surface area contributed by atoms with Gasteiger partial charge < -0.3 is 10.2 Å². The quantitative estimate of drug-likeness (QED) is 0.874. The number of nitrogens with one attached hydrogen (secondary N) is 1. The molecule has 5 heteroatoms. The summed E-state index contributed by atoms with van der Waals surface area (Å²) in [7, 11) is 4.02. The minimum absolute atomic E-state index is 0.466. The fourth-order valence-corrected chi connectivity index (χ4v) is 2.03. The Labute approximate surface area is 120 Å². The average Bonchev–Trinajstić information content (AvgIpc) is 2.82. The monoisotopic (exact) mass is 273 g/mol. The second kappa shape index (κ2) is 6.52. The van der Waals surface area contributed by atoms with E-state index in [9.17, 15) is 0 Å². The van der Waals surface area contributed by atoms with Gasteiger partial charge in [-0.15, -0.1) is 0 Å². The lowest BCUT2D eigenvalue weighted by atomic mass is 10.2. The molecular formula is C15H23N5. The maximum Gasteiger partial charge on any atom is 0.0562 e. The number of rotatable bonds is 6. The van der Waals surface area contributed by atoms with Gasteiger partial charge in [-0.25, -0.2) is 0 Å². The Morgan fingerprint density at radius 2 is 2.20 bits per heavy atom. The summed E-state index contributed by atoms with van der Waals surface area (Å²) in [5.41, 5.74) is 3.44. The van der Waals surface area contributed by atoms with Crippen LogP contribution >= 0.6 is 0 Å². The SMILES string of the molecule is CC(C)NCc1cc(N(C)Cc2cnn(C)c2)ccn1. The molecule has 0 bridgehead atoms. The predicted octanol–water partition coefficient (Wildman–Crippen LogP) is 1.95. The zero-order chi connectivity index (χ0) is 14.5. The van der Waals surface area contributed by atoms with E-state index >= 15 is 0 Å². The van der Waals surface area contributed by atoms with Crippen LogP contribution in [0.5, 0.6) is 0 Å². The van der Waals surface area contributed by atoms with Gasteiger partial charge in [-0.2, -0.15) is 5.10 Å². The number of aromatic nitrogens is 3. The Morgan fingerprint density at radius 3 is 2.85 bits per heavy atom. The van der Waals surface area contributed by atoms with Gasteiger partial charge in [0, 0.05) is 56.9 Å². The van der Waals surface area contributed by atoms with Crippen LogP contribution < -0.4 is 10.2 Å². The fourth-order valence-electron chi connectivity index (χ4n) is 2.03. The third-order valence-corrected chi connectivity index (χ3v) is 3.11. The van der Waals surface area contributed by atoms with Crippen molar-refractivity contribution in [2.45, 2.75) is 33.0 Å². The van der Waals surface area contributed by atoms with E-state index in [1.54, 1.807) is 0 Å². The van der Waals surface area contributed by atoms with Crippen molar-refractivity contribution < 1.29 is 0 Å². The third kappa shape index (κ3) is 4.06. The lowest BCUT2D eigenvalue weighted by Crippen LogP contribution is -2.23. The Morgan fingerprint density at radius 1 is 1.40 bits per heavy atom. The third-order valence-electron chi connectivity index (χ3n) is 3.11. The summed E-state index contributed by atoms with van der Waals surface area (Å²) in [5, 5.41) is 7.58. The summed E-state index contributed by atoms with van der Waals surface area (Å²) in [5.74, 6) is 0. The number of aryl methyl sites for hydroxylation is 1. The van der Waals surface area contributed by atoms with Crippen molar-refractivity contribution in [1.82, 2.24) is 20.1 Å². The maximum absolute atomic E-state index is 4.40. The van der Waals surface area contributed by atoms with Crippen LogP contribution in [0.25, 0.3) is 0 Å². The van der Waals surface area contributed by atoms with E-state index < -0.39 is 0 Å². The summed E-state index contributed by atoms with van der Waals surface area (Å²) in [4.78, 5) is 6.61. The smallest absolute Gasteiger partial charge is 0.0562 e. The molecule has 0 saturated heterocycles. The number of pyridine rings is 1. The van der Waals surface area contributed by atoms with Gasteiger partial charge >= 0.3 is 0 Å². The van der Waals surface area contributed by atoms with E-state index in [-0.39, 0.29) is 0 Å². The van der Waals surface area contributed by atoms with E-state index in [1.807, 2.05) is 36.4 Å². The first-order valence-electron chi connectivity index (χ1n) is 6.91. The van der Waals surface area contributed by atoms with Gasteiger partial charge in [0.15, 0.2) is 0 Å². The van der Waals surface area contributed by atoms with Crippen molar-refractivity contribution in [3.8, 4) is 0 Å². The minimum Gasteiger partial charge on any atom is -0.370 e. The molecule has 0 spiro atoms. The topological polar surface area (TPSA) is 46.0 Å². The van der Waals surface area contributed by atoms with Crippen LogP contribution in [-0.4, -0.2) is 27.9 Å². The van der Waals surface area contributed by atoms with Gasteiger partial charge in [0.25, 0.3) is 0 Å². The standard InChI is InChI=1S/C15H23N5/c1-12(2)17-9-14-7-15(5-6-16-14)19(3)10-13-8-18-20(4)11-13/h5-8,11-12,17H,9-10H2,1-4H3. The highest BCUT2D eigenvalue weighted by atomic mass is 15.2. The van der Waals surface area contributed by atoms with Crippen molar-refractivity contribution in [2.75, 3.05) is 11.9 Å². The first-order valence-corrected chi connectivity index (χ1v) is 6.91. The van der Waals surface area contributed by atoms with E-state index in [0.717, 1.165) is 18.8 Å². The lowest BCUT2D eigenvalue weighted by molar-refractivity contribution is 0.581. The highest BCUT2D eigenvalue weighted by Gasteiger charge is 2.05. The minimum atomic E-state index is 0.466. The Balaban J connectivity index is 2.02. The molecule has 0 aliphatic carbocycles. The van der Waals surface area contributed by atoms with Gasteiger partial charge in [-0.1, -0.05) is 13.8 Å².